The van der Waals surface area contributed by atoms with E-state index >= 15 is 0 Å². The summed E-state index contributed by atoms with van der Waals surface area (Å²) in [6.45, 7) is 4.18. The molecule has 0 aromatic heterocycles. The van der Waals surface area contributed by atoms with Crippen LogP contribution in [0, 0.1) is 11.8 Å². The maximum atomic E-state index is 12.4. The smallest absolute Gasteiger partial charge is 0.481 e. The molecule has 0 bridgehead atoms. The summed E-state index contributed by atoms with van der Waals surface area (Å²) in [5.41, 5.74) is 0.604. The van der Waals surface area contributed by atoms with E-state index in [2.05, 4.69) is 10.1 Å². The highest BCUT2D eigenvalue weighted by atomic mass is 19.4. The number of rotatable bonds is 4. The molecule has 1 aliphatic rings. The summed E-state index contributed by atoms with van der Waals surface area (Å²) in [6, 6.07) is 4.37. The Morgan fingerprint density at radius 3 is 2.42 bits per heavy atom. The van der Waals surface area contributed by atoms with Gasteiger partial charge in [-0.25, -0.2) is 4.79 Å². The highest BCUT2D eigenvalue weighted by Gasteiger charge is 2.33. The van der Waals surface area contributed by atoms with E-state index in [0.29, 0.717) is 18.5 Å². The molecule has 0 radical (unpaired) electrons. The fraction of sp³-hybridized carbons (Fsp3) is 0.529. The third-order valence-electron chi connectivity index (χ3n) is 4.25. The second-order valence-electron chi connectivity index (χ2n) is 6.57. The van der Waals surface area contributed by atoms with E-state index in [9.17, 15) is 27.9 Å². The molecule has 6 nitrogen and oxygen atoms in total. The third-order valence-corrected chi connectivity index (χ3v) is 4.25. The minimum atomic E-state index is -4.76. The van der Waals surface area contributed by atoms with E-state index in [1.165, 1.54) is 29.2 Å². The number of carboxylic acids is 1. The van der Waals surface area contributed by atoms with Gasteiger partial charge in [-0.2, -0.15) is 0 Å². The van der Waals surface area contributed by atoms with Crippen LogP contribution < -0.4 is 10.1 Å². The molecule has 0 aliphatic carbocycles. The van der Waals surface area contributed by atoms with Crippen molar-refractivity contribution < 1.29 is 32.6 Å². The largest absolute Gasteiger partial charge is 0.573 e. The third kappa shape index (κ3) is 5.53. The number of carbonyl (C=O) groups excluding carboxylic acids is 1. The number of likely N-dealkylation sites (tertiary alicyclic amines) is 1. The number of hydrogen-bond acceptors (Lipinski definition) is 3. The van der Waals surface area contributed by atoms with Gasteiger partial charge in [-0.1, -0.05) is 19.1 Å². The number of nitrogens with one attached hydrogen (secondary N) is 1. The van der Waals surface area contributed by atoms with Gasteiger partial charge in [0.05, 0.1) is 12.0 Å². The minimum absolute atomic E-state index is 0.0738. The average Bonchev–Trinajstić information content (AvgIpc) is 2.53. The van der Waals surface area contributed by atoms with Crippen LogP contribution in [-0.4, -0.2) is 41.5 Å². The number of hydrogen-bond donors (Lipinski definition) is 2. The number of nitrogens with zero attached hydrogens (tertiary/aromatic N) is 1. The summed E-state index contributed by atoms with van der Waals surface area (Å²) in [5, 5.41) is 11.9. The lowest BCUT2D eigenvalue weighted by Gasteiger charge is -2.35. The number of benzene rings is 1. The Labute approximate surface area is 148 Å². The summed E-state index contributed by atoms with van der Waals surface area (Å²) in [4.78, 5) is 25.1. The lowest BCUT2D eigenvalue weighted by atomic mass is 9.91. The van der Waals surface area contributed by atoms with Crippen molar-refractivity contribution >= 4 is 12.0 Å². The number of carbonyl (C=O) groups is 2. The highest BCUT2D eigenvalue weighted by molar-refractivity contribution is 5.77. The summed E-state index contributed by atoms with van der Waals surface area (Å²) in [5.74, 6) is -1.79. The predicted molar refractivity (Wildman–Crippen MR) is 86.6 cm³/mol. The van der Waals surface area contributed by atoms with Crippen molar-refractivity contribution in [1.82, 2.24) is 10.2 Å². The van der Waals surface area contributed by atoms with E-state index < -0.39 is 30.3 Å². The van der Waals surface area contributed by atoms with Crippen LogP contribution in [0.25, 0.3) is 0 Å². The zero-order valence-corrected chi connectivity index (χ0v) is 14.4. The van der Waals surface area contributed by atoms with Crippen molar-refractivity contribution in [1.29, 1.82) is 0 Å². The number of carboxylic acid groups (broad SMARTS) is 1. The van der Waals surface area contributed by atoms with Crippen LogP contribution in [0.5, 0.6) is 5.75 Å². The number of ether oxygens (including phenoxy) is 1. The molecule has 9 heteroatoms. The number of amides is 2. The van der Waals surface area contributed by atoms with Crippen LogP contribution in [0.4, 0.5) is 18.0 Å². The normalized spacial score (nSPS) is 21.8. The second-order valence-corrected chi connectivity index (χ2v) is 6.57. The van der Waals surface area contributed by atoms with Crippen molar-refractivity contribution in [3.63, 3.8) is 0 Å². The van der Waals surface area contributed by atoms with Crippen LogP contribution in [-0.2, 0) is 4.79 Å². The summed E-state index contributed by atoms with van der Waals surface area (Å²) in [7, 11) is 0. The summed E-state index contributed by atoms with van der Waals surface area (Å²) in [6.07, 6.45) is -4.23. The van der Waals surface area contributed by atoms with Crippen molar-refractivity contribution in [3.05, 3.63) is 29.8 Å². The fourth-order valence-electron chi connectivity index (χ4n) is 3.01. The first kappa shape index (κ1) is 19.9. The van der Waals surface area contributed by atoms with Crippen LogP contribution in [0.2, 0.25) is 0 Å². The SMILES string of the molecule is CC1CC(C(=O)O)CN(C(=O)N[C@@H](C)c2ccc(OC(F)(F)F)cc2)C1. The molecule has 2 unspecified atom stereocenters. The van der Waals surface area contributed by atoms with Crippen LogP contribution >= 0.6 is 0 Å². The minimum Gasteiger partial charge on any atom is -0.481 e. The Kier molecular flexibility index (Phi) is 5.99. The van der Waals surface area contributed by atoms with Gasteiger partial charge in [0.25, 0.3) is 0 Å². The molecule has 0 spiro atoms. The quantitative estimate of drug-likeness (QED) is 0.847. The molecule has 2 rings (SSSR count). The number of piperidine rings is 1. The van der Waals surface area contributed by atoms with E-state index in [-0.39, 0.29) is 18.2 Å². The van der Waals surface area contributed by atoms with Gasteiger partial charge in [-0.3, -0.25) is 4.79 Å². The van der Waals surface area contributed by atoms with Crippen molar-refractivity contribution in [2.24, 2.45) is 11.8 Å². The molecule has 26 heavy (non-hydrogen) atoms. The second kappa shape index (κ2) is 7.84. The molecule has 1 aliphatic heterocycles. The molecule has 144 valence electrons. The molecule has 3 atom stereocenters. The first-order valence-electron chi connectivity index (χ1n) is 8.19. The molecule has 1 fully saturated rings. The Bertz CT molecular complexity index is 648. The van der Waals surface area contributed by atoms with E-state index in [1.54, 1.807) is 6.92 Å². The molecular formula is C17H21F3N2O4. The van der Waals surface area contributed by atoms with Crippen molar-refractivity contribution in [2.75, 3.05) is 13.1 Å². The van der Waals surface area contributed by atoms with Gasteiger partial charge in [-0.05, 0) is 37.0 Å². The zero-order valence-electron chi connectivity index (χ0n) is 14.4. The molecule has 2 N–H and O–H groups in total. The zero-order chi connectivity index (χ0) is 19.5. The van der Waals surface area contributed by atoms with E-state index in [4.69, 9.17) is 0 Å². The van der Waals surface area contributed by atoms with E-state index in [0.717, 1.165) is 0 Å². The van der Waals surface area contributed by atoms with Gasteiger partial charge in [0, 0.05) is 13.1 Å². The average molecular weight is 374 g/mol. The maximum absolute atomic E-state index is 12.4. The topological polar surface area (TPSA) is 78.9 Å². The molecule has 1 aromatic rings. The number of alkyl halides is 3. The van der Waals surface area contributed by atoms with Gasteiger partial charge in [0.15, 0.2) is 0 Å². The van der Waals surface area contributed by atoms with Gasteiger partial charge >= 0.3 is 18.4 Å². The predicted octanol–water partition coefficient (Wildman–Crippen LogP) is 3.40. The molecule has 1 heterocycles. The number of aliphatic carboxylic acids is 1. The Morgan fingerprint density at radius 2 is 1.88 bits per heavy atom. The molecular weight excluding hydrogens is 353 g/mol. The lowest BCUT2D eigenvalue weighted by Crippen LogP contribution is -2.49. The van der Waals surface area contributed by atoms with E-state index in [1.807, 2.05) is 6.92 Å². The number of urea groups is 1. The molecule has 1 saturated heterocycles. The maximum Gasteiger partial charge on any atom is 0.573 e. The van der Waals surface area contributed by atoms with Crippen molar-refractivity contribution in [2.45, 2.75) is 32.7 Å². The molecule has 2 amide bonds. The van der Waals surface area contributed by atoms with Gasteiger partial charge < -0.3 is 20.1 Å². The standard InChI is InChI=1S/C17H21F3N2O4/c1-10-7-13(15(23)24)9-22(8-10)16(25)21-11(2)12-3-5-14(6-4-12)26-17(18,19)20/h3-6,10-11,13H,7-9H2,1-2H3,(H,21,25)(H,23,24)/t10?,11-,13?/m0/s1. The summed E-state index contributed by atoms with van der Waals surface area (Å²) < 4.78 is 40.3. The monoisotopic (exact) mass is 374 g/mol. The first-order valence-corrected chi connectivity index (χ1v) is 8.19. The molecule has 0 saturated carbocycles. The van der Waals surface area contributed by atoms with Gasteiger partial charge in [-0.15, -0.1) is 13.2 Å². The molecule has 1 aromatic carbocycles. The van der Waals surface area contributed by atoms with Gasteiger partial charge in [0.2, 0.25) is 0 Å². The van der Waals surface area contributed by atoms with Gasteiger partial charge in [0.1, 0.15) is 5.75 Å². The summed E-state index contributed by atoms with van der Waals surface area (Å²) >= 11 is 0. The fourth-order valence-corrected chi connectivity index (χ4v) is 3.01. The highest BCUT2D eigenvalue weighted by Crippen LogP contribution is 2.25. The van der Waals surface area contributed by atoms with Crippen LogP contribution in [0.15, 0.2) is 24.3 Å². The Balaban J connectivity index is 1.97. The number of halogens is 3. The first-order chi connectivity index (χ1) is 12.0. The van der Waals surface area contributed by atoms with Crippen molar-refractivity contribution in [3.8, 4) is 5.75 Å². The Morgan fingerprint density at radius 1 is 1.27 bits per heavy atom. The van der Waals surface area contributed by atoms with Crippen LogP contribution in [0.3, 0.4) is 0 Å². The van der Waals surface area contributed by atoms with Crippen LogP contribution in [0.1, 0.15) is 31.9 Å². The Hall–Kier alpha value is -2.45. The lowest BCUT2D eigenvalue weighted by molar-refractivity contribution is -0.274.